The number of aromatic nitrogens is 2. The van der Waals surface area contributed by atoms with Gasteiger partial charge in [0.2, 0.25) is 0 Å². The zero-order valence-corrected chi connectivity index (χ0v) is 12.3. The highest BCUT2D eigenvalue weighted by Gasteiger charge is 2.23. The predicted octanol–water partition coefficient (Wildman–Crippen LogP) is 3.52. The average Bonchev–Trinajstić information content (AvgIpc) is 3.08. The lowest BCUT2D eigenvalue weighted by molar-refractivity contribution is 0.299. The molecule has 5 heteroatoms. The molecule has 1 aliphatic rings. The lowest BCUT2D eigenvalue weighted by Crippen LogP contribution is -2.01. The van der Waals surface area contributed by atoms with Crippen LogP contribution in [0.3, 0.4) is 0 Å². The Morgan fingerprint density at radius 1 is 1.42 bits per heavy atom. The van der Waals surface area contributed by atoms with Gasteiger partial charge in [0.15, 0.2) is 0 Å². The molecule has 4 nitrogen and oxygen atoms in total. The Bertz CT molecular complexity index is 605. The highest BCUT2D eigenvalue weighted by molar-refractivity contribution is 9.10. The highest BCUT2D eigenvalue weighted by Crippen LogP contribution is 2.39. The van der Waals surface area contributed by atoms with Gasteiger partial charge in [-0.15, -0.1) is 0 Å². The van der Waals surface area contributed by atoms with Crippen molar-refractivity contribution < 1.29 is 4.74 Å². The minimum Gasteiger partial charge on any atom is -0.491 e. The molecule has 0 unspecified atom stereocenters. The Morgan fingerprint density at radius 3 is 2.84 bits per heavy atom. The van der Waals surface area contributed by atoms with E-state index in [1.165, 1.54) is 12.8 Å². The Labute approximate surface area is 120 Å². The molecule has 2 aromatic rings. The molecule has 1 saturated carbocycles. The summed E-state index contributed by atoms with van der Waals surface area (Å²) < 4.78 is 6.94. The quantitative estimate of drug-likeness (QED) is 0.905. The second-order valence-electron chi connectivity index (χ2n) is 5.08. The Balaban J connectivity index is 1.99. The van der Waals surface area contributed by atoms with Crippen molar-refractivity contribution in [3.05, 3.63) is 28.2 Å². The van der Waals surface area contributed by atoms with E-state index in [0.717, 1.165) is 33.6 Å². The number of aryl methyl sites for hydroxylation is 1. The first-order chi connectivity index (χ1) is 9.13. The van der Waals surface area contributed by atoms with E-state index in [-0.39, 0.29) is 0 Å². The number of hydrogen-bond donors (Lipinski definition) is 2. The summed E-state index contributed by atoms with van der Waals surface area (Å²) in [5.41, 5.74) is 8.72. The monoisotopic (exact) mass is 321 g/mol. The summed E-state index contributed by atoms with van der Waals surface area (Å²) in [5, 5.41) is 6.93. The van der Waals surface area contributed by atoms with Crippen molar-refractivity contribution in [1.82, 2.24) is 10.2 Å². The first kappa shape index (κ1) is 12.5. The van der Waals surface area contributed by atoms with Crippen molar-refractivity contribution in [3.8, 4) is 17.0 Å². The number of hydrogen-bond acceptors (Lipinski definition) is 3. The molecule has 19 heavy (non-hydrogen) atoms. The Hall–Kier alpha value is -1.49. The molecule has 0 radical (unpaired) electrons. The third-order valence-corrected chi connectivity index (χ3v) is 3.83. The fraction of sp³-hybridized carbons (Fsp3) is 0.357. The molecule has 1 aromatic carbocycles. The topological polar surface area (TPSA) is 63.9 Å². The summed E-state index contributed by atoms with van der Waals surface area (Å²) in [5.74, 6) is 2.06. The van der Waals surface area contributed by atoms with Crippen molar-refractivity contribution in [1.29, 1.82) is 0 Å². The number of nitrogen functional groups attached to an aromatic ring is 1. The van der Waals surface area contributed by atoms with Crippen LogP contribution in [-0.2, 0) is 0 Å². The van der Waals surface area contributed by atoms with Gasteiger partial charge >= 0.3 is 0 Å². The van der Waals surface area contributed by atoms with Crippen molar-refractivity contribution >= 4 is 21.7 Å². The summed E-state index contributed by atoms with van der Waals surface area (Å²) in [6, 6.07) is 5.97. The van der Waals surface area contributed by atoms with Gasteiger partial charge in [0.05, 0.1) is 16.8 Å². The molecule has 1 fully saturated rings. The number of anilines is 1. The maximum Gasteiger partial charge on any atom is 0.145 e. The number of halogens is 1. The van der Waals surface area contributed by atoms with E-state index in [1.807, 2.05) is 6.07 Å². The maximum atomic E-state index is 5.98. The summed E-state index contributed by atoms with van der Waals surface area (Å²) in [7, 11) is 0. The number of rotatable bonds is 4. The van der Waals surface area contributed by atoms with Crippen LogP contribution in [-0.4, -0.2) is 16.8 Å². The van der Waals surface area contributed by atoms with E-state index < -0.39 is 0 Å². The molecule has 0 saturated heterocycles. The van der Waals surface area contributed by atoms with Gasteiger partial charge in [0.25, 0.3) is 0 Å². The van der Waals surface area contributed by atoms with E-state index in [4.69, 9.17) is 10.5 Å². The first-order valence-corrected chi connectivity index (χ1v) is 7.17. The van der Waals surface area contributed by atoms with Crippen LogP contribution in [0.1, 0.15) is 18.4 Å². The molecule has 0 bridgehead atoms. The molecule has 0 amide bonds. The number of nitrogens with zero attached hydrogens (tertiary/aromatic N) is 1. The number of H-pyrrole nitrogens is 1. The van der Waals surface area contributed by atoms with Gasteiger partial charge in [-0.1, -0.05) is 0 Å². The minimum atomic E-state index is 0.487. The predicted molar refractivity (Wildman–Crippen MR) is 79.1 cm³/mol. The van der Waals surface area contributed by atoms with Gasteiger partial charge in [-0.25, -0.2) is 0 Å². The standard InChI is InChI=1S/C14H16BrN3O/c1-8-4-10(12-6-13(16)18-17-12)14(11(15)5-8)19-7-9-2-3-9/h4-6,9H,2-3,7H2,1H3,(H3,16,17,18). The lowest BCUT2D eigenvalue weighted by Gasteiger charge is -2.13. The van der Waals surface area contributed by atoms with E-state index in [0.29, 0.717) is 11.7 Å². The van der Waals surface area contributed by atoms with Crippen LogP contribution in [0.15, 0.2) is 22.7 Å². The smallest absolute Gasteiger partial charge is 0.145 e. The second kappa shape index (κ2) is 4.89. The minimum absolute atomic E-state index is 0.487. The summed E-state index contributed by atoms with van der Waals surface area (Å²) in [6.45, 7) is 2.83. The van der Waals surface area contributed by atoms with Crippen molar-refractivity contribution in [2.75, 3.05) is 12.3 Å². The largest absolute Gasteiger partial charge is 0.491 e. The fourth-order valence-corrected chi connectivity index (χ4v) is 2.73. The van der Waals surface area contributed by atoms with Crippen LogP contribution in [0.4, 0.5) is 5.82 Å². The van der Waals surface area contributed by atoms with Gasteiger partial charge in [0, 0.05) is 11.6 Å². The van der Waals surface area contributed by atoms with Crippen LogP contribution in [0.2, 0.25) is 0 Å². The van der Waals surface area contributed by atoms with Crippen molar-refractivity contribution in [3.63, 3.8) is 0 Å². The molecule has 100 valence electrons. The van der Waals surface area contributed by atoms with E-state index in [9.17, 15) is 0 Å². The van der Waals surface area contributed by atoms with Crippen LogP contribution in [0.5, 0.6) is 5.75 Å². The number of nitrogens with one attached hydrogen (secondary N) is 1. The van der Waals surface area contributed by atoms with E-state index >= 15 is 0 Å². The lowest BCUT2D eigenvalue weighted by atomic mass is 10.1. The zero-order chi connectivity index (χ0) is 13.4. The van der Waals surface area contributed by atoms with Crippen molar-refractivity contribution in [2.24, 2.45) is 5.92 Å². The zero-order valence-electron chi connectivity index (χ0n) is 10.7. The Morgan fingerprint density at radius 2 is 2.21 bits per heavy atom. The van der Waals surface area contributed by atoms with Crippen LogP contribution in [0, 0.1) is 12.8 Å². The summed E-state index contributed by atoms with van der Waals surface area (Å²) in [6.07, 6.45) is 2.55. The third kappa shape index (κ3) is 2.76. The SMILES string of the molecule is Cc1cc(Br)c(OCC2CC2)c(-c2cc(N)n[nH]2)c1. The molecule has 1 aliphatic carbocycles. The number of nitrogens with two attached hydrogens (primary N) is 1. The molecule has 3 rings (SSSR count). The number of benzene rings is 1. The molecule has 3 N–H and O–H groups in total. The van der Waals surface area contributed by atoms with Crippen LogP contribution in [0.25, 0.3) is 11.3 Å². The average molecular weight is 322 g/mol. The van der Waals surface area contributed by atoms with Gasteiger partial charge in [0.1, 0.15) is 11.6 Å². The molecule has 1 aromatic heterocycles. The van der Waals surface area contributed by atoms with Crippen LogP contribution >= 0.6 is 15.9 Å². The number of aromatic amines is 1. The summed E-state index contributed by atoms with van der Waals surface area (Å²) >= 11 is 3.58. The molecular weight excluding hydrogens is 306 g/mol. The summed E-state index contributed by atoms with van der Waals surface area (Å²) in [4.78, 5) is 0. The molecular formula is C14H16BrN3O. The maximum absolute atomic E-state index is 5.98. The second-order valence-corrected chi connectivity index (χ2v) is 5.94. The molecule has 1 heterocycles. The fourth-order valence-electron chi connectivity index (χ4n) is 2.04. The Kier molecular flexibility index (Phi) is 3.22. The van der Waals surface area contributed by atoms with Gasteiger partial charge in [-0.3, -0.25) is 5.10 Å². The van der Waals surface area contributed by atoms with Crippen LogP contribution < -0.4 is 10.5 Å². The normalized spacial score (nSPS) is 14.6. The van der Waals surface area contributed by atoms with Crippen molar-refractivity contribution in [2.45, 2.75) is 19.8 Å². The van der Waals surface area contributed by atoms with E-state index in [1.54, 1.807) is 0 Å². The highest BCUT2D eigenvalue weighted by atomic mass is 79.9. The third-order valence-electron chi connectivity index (χ3n) is 3.24. The van der Waals surface area contributed by atoms with Gasteiger partial charge < -0.3 is 10.5 Å². The number of ether oxygens (including phenoxy) is 1. The molecule has 0 spiro atoms. The first-order valence-electron chi connectivity index (χ1n) is 6.37. The molecule has 0 atom stereocenters. The molecule has 0 aliphatic heterocycles. The van der Waals surface area contributed by atoms with E-state index in [2.05, 4.69) is 45.2 Å². The van der Waals surface area contributed by atoms with Gasteiger partial charge in [-0.05, 0) is 59.3 Å². The van der Waals surface area contributed by atoms with Gasteiger partial charge in [-0.2, -0.15) is 5.10 Å².